The highest BCUT2D eigenvalue weighted by molar-refractivity contribution is 6.07. The lowest BCUT2D eigenvalue weighted by Gasteiger charge is -2.07. The molecule has 0 atom stereocenters. The smallest absolute Gasteiger partial charge is 0.341 e. The molecule has 7 nitrogen and oxygen atoms in total. The van der Waals surface area contributed by atoms with E-state index in [4.69, 9.17) is 10.8 Å². The van der Waals surface area contributed by atoms with Gasteiger partial charge in [-0.3, -0.25) is 9.48 Å². The first-order chi connectivity index (χ1) is 9.40. The van der Waals surface area contributed by atoms with Crippen LogP contribution in [0.1, 0.15) is 26.4 Å². The molecule has 0 aliphatic rings. The molecule has 1 aromatic heterocycles. The maximum Gasteiger partial charge on any atom is 0.341 e. The molecule has 4 N–H and O–H groups in total. The van der Waals surface area contributed by atoms with Crippen molar-refractivity contribution in [2.45, 2.75) is 6.92 Å². The van der Waals surface area contributed by atoms with Crippen LogP contribution in [0.25, 0.3) is 0 Å². The second kappa shape index (κ2) is 5.04. The number of aryl methyl sites for hydroxylation is 2. The van der Waals surface area contributed by atoms with Crippen LogP contribution < -0.4 is 11.1 Å². The van der Waals surface area contributed by atoms with Crippen molar-refractivity contribution in [2.75, 3.05) is 11.1 Å². The number of nitrogen functional groups attached to an aromatic ring is 1. The van der Waals surface area contributed by atoms with Gasteiger partial charge in [0, 0.05) is 18.3 Å². The maximum atomic E-state index is 12.1. The highest BCUT2D eigenvalue weighted by Crippen LogP contribution is 2.19. The third-order valence-electron chi connectivity index (χ3n) is 2.82. The molecule has 0 unspecified atom stereocenters. The van der Waals surface area contributed by atoms with Crippen LogP contribution in [0.4, 0.5) is 11.5 Å². The summed E-state index contributed by atoms with van der Waals surface area (Å²) in [5.41, 5.74) is 6.73. The predicted octanol–water partition coefficient (Wildman–Crippen LogP) is 1.26. The van der Waals surface area contributed by atoms with Crippen LogP contribution in [-0.2, 0) is 7.05 Å². The molecule has 0 saturated heterocycles. The average molecular weight is 274 g/mol. The normalized spacial score (nSPS) is 10.3. The first kappa shape index (κ1) is 13.6. The summed E-state index contributed by atoms with van der Waals surface area (Å²) in [6.07, 6.45) is 0. The number of aromatic carboxylic acids is 1. The second-order valence-corrected chi connectivity index (χ2v) is 4.32. The summed E-state index contributed by atoms with van der Waals surface area (Å²) in [6, 6.07) is 6.42. The summed E-state index contributed by atoms with van der Waals surface area (Å²) < 4.78 is 1.32. The van der Waals surface area contributed by atoms with Gasteiger partial charge >= 0.3 is 5.97 Å². The van der Waals surface area contributed by atoms with Crippen molar-refractivity contribution in [1.82, 2.24) is 9.78 Å². The van der Waals surface area contributed by atoms with E-state index in [-0.39, 0.29) is 11.4 Å². The number of nitrogens with one attached hydrogen (secondary N) is 1. The number of carboxylic acids is 1. The zero-order valence-electron chi connectivity index (χ0n) is 11.0. The van der Waals surface area contributed by atoms with Crippen molar-refractivity contribution in [2.24, 2.45) is 7.05 Å². The fourth-order valence-electron chi connectivity index (χ4n) is 1.92. The molecule has 2 rings (SSSR count). The number of benzene rings is 1. The van der Waals surface area contributed by atoms with Gasteiger partial charge in [0.2, 0.25) is 0 Å². The lowest BCUT2D eigenvalue weighted by atomic mass is 10.2. The Morgan fingerprint density at radius 2 is 2.10 bits per heavy atom. The van der Waals surface area contributed by atoms with E-state index in [0.717, 1.165) is 0 Å². The molecule has 7 heteroatoms. The van der Waals surface area contributed by atoms with Gasteiger partial charge in [-0.15, -0.1) is 0 Å². The second-order valence-electron chi connectivity index (χ2n) is 4.32. The van der Waals surface area contributed by atoms with E-state index in [9.17, 15) is 9.59 Å². The van der Waals surface area contributed by atoms with Gasteiger partial charge in [0.1, 0.15) is 11.4 Å². The van der Waals surface area contributed by atoms with Crippen LogP contribution in [-0.4, -0.2) is 26.8 Å². The number of carboxylic acid groups (broad SMARTS) is 1. The number of nitrogens with two attached hydrogens (primary N) is 1. The van der Waals surface area contributed by atoms with Crippen molar-refractivity contribution in [3.05, 3.63) is 41.1 Å². The number of hydrogen-bond acceptors (Lipinski definition) is 4. The highest BCUT2D eigenvalue weighted by atomic mass is 16.4. The fourth-order valence-corrected chi connectivity index (χ4v) is 1.92. The van der Waals surface area contributed by atoms with Crippen LogP contribution in [0.5, 0.6) is 0 Å². The Hall–Kier alpha value is -2.83. The minimum Gasteiger partial charge on any atom is -0.477 e. The number of aromatic nitrogens is 2. The van der Waals surface area contributed by atoms with Gasteiger partial charge in [-0.2, -0.15) is 5.10 Å². The van der Waals surface area contributed by atoms with Gasteiger partial charge in [0.15, 0.2) is 0 Å². The summed E-state index contributed by atoms with van der Waals surface area (Å²) in [5.74, 6) is -1.44. The van der Waals surface area contributed by atoms with Crippen LogP contribution in [0, 0.1) is 6.92 Å². The molecule has 104 valence electrons. The summed E-state index contributed by atoms with van der Waals surface area (Å²) in [7, 11) is 1.56. The lowest BCUT2D eigenvalue weighted by Crippen LogP contribution is -2.17. The van der Waals surface area contributed by atoms with E-state index >= 15 is 0 Å². The summed E-state index contributed by atoms with van der Waals surface area (Å²) in [5, 5.41) is 15.7. The largest absolute Gasteiger partial charge is 0.477 e. The van der Waals surface area contributed by atoms with Crippen molar-refractivity contribution >= 4 is 23.4 Å². The minimum absolute atomic E-state index is 0.0234. The van der Waals surface area contributed by atoms with Crippen LogP contribution >= 0.6 is 0 Å². The molecule has 0 fully saturated rings. The monoisotopic (exact) mass is 274 g/mol. The van der Waals surface area contributed by atoms with Crippen LogP contribution in [0.3, 0.4) is 0 Å². The summed E-state index contributed by atoms with van der Waals surface area (Å²) >= 11 is 0. The molecule has 0 spiro atoms. The first-order valence-corrected chi connectivity index (χ1v) is 5.84. The Balaban J connectivity index is 2.35. The van der Waals surface area contributed by atoms with E-state index < -0.39 is 11.9 Å². The Morgan fingerprint density at radius 3 is 2.70 bits per heavy atom. The number of anilines is 2. The summed E-state index contributed by atoms with van der Waals surface area (Å²) in [6.45, 7) is 1.57. The molecule has 0 saturated carbocycles. The third kappa shape index (κ3) is 2.46. The van der Waals surface area contributed by atoms with Gasteiger partial charge in [-0.05, 0) is 25.1 Å². The van der Waals surface area contributed by atoms with E-state index in [0.29, 0.717) is 16.9 Å². The molecular weight excluding hydrogens is 260 g/mol. The Morgan fingerprint density at radius 1 is 1.40 bits per heavy atom. The first-order valence-electron chi connectivity index (χ1n) is 5.84. The SMILES string of the molecule is Cc1nn(C)c(NC(=O)c2cccc(N)c2)c1C(=O)O. The molecule has 0 radical (unpaired) electrons. The van der Waals surface area contributed by atoms with Gasteiger partial charge in [0.05, 0.1) is 5.69 Å². The molecule has 1 amide bonds. The fraction of sp³-hybridized carbons (Fsp3) is 0.154. The Labute approximate surface area is 115 Å². The zero-order valence-corrected chi connectivity index (χ0v) is 11.0. The molecule has 0 aliphatic carbocycles. The lowest BCUT2D eigenvalue weighted by molar-refractivity contribution is 0.0697. The third-order valence-corrected chi connectivity index (χ3v) is 2.82. The number of hydrogen-bond donors (Lipinski definition) is 3. The number of carbonyl (C=O) groups excluding carboxylic acids is 1. The zero-order chi connectivity index (χ0) is 14.9. The van der Waals surface area contributed by atoms with Crippen molar-refractivity contribution in [3.63, 3.8) is 0 Å². The molecule has 1 heterocycles. The molecular formula is C13H14N4O3. The number of amides is 1. The van der Waals surface area contributed by atoms with Crippen LogP contribution in [0.2, 0.25) is 0 Å². The molecule has 2 aromatic rings. The van der Waals surface area contributed by atoms with Gasteiger partial charge in [-0.25, -0.2) is 4.79 Å². The van der Waals surface area contributed by atoms with Crippen molar-refractivity contribution < 1.29 is 14.7 Å². The minimum atomic E-state index is -1.14. The molecule has 0 aliphatic heterocycles. The van der Waals surface area contributed by atoms with Crippen LogP contribution in [0.15, 0.2) is 24.3 Å². The standard InChI is InChI=1S/C13H14N4O3/c1-7-10(13(19)20)11(17(2)16-7)15-12(18)8-4-3-5-9(14)6-8/h3-6H,14H2,1-2H3,(H,15,18)(H,19,20). The number of nitrogens with zero attached hydrogens (tertiary/aromatic N) is 2. The molecule has 0 bridgehead atoms. The highest BCUT2D eigenvalue weighted by Gasteiger charge is 2.21. The Kier molecular flexibility index (Phi) is 3.43. The van der Waals surface area contributed by atoms with Gasteiger partial charge in [0.25, 0.3) is 5.91 Å². The van der Waals surface area contributed by atoms with E-state index in [1.807, 2.05) is 0 Å². The topological polar surface area (TPSA) is 110 Å². The van der Waals surface area contributed by atoms with Crippen molar-refractivity contribution in [1.29, 1.82) is 0 Å². The van der Waals surface area contributed by atoms with Gasteiger partial charge in [-0.1, -0.05) is 6.07 Å². The van der Waals surface area contributed by atoms with E-state index in [2.05, 4.69) is 10.4 Å². The number of carbonyl (C=O) groups is 2. The molecule has 1 aromatic carbocycles. The quantitative estimate of drug-likeness (QED) is 0.730. The molecule has 20 heavy (non-hydrogen) atoms. The van der Waals surface area contributed by atoms with Crippen molar-refractivity contribution in [3.8, 4) is 0 Å². The summed E-state index contributed by atoms with van der Waals surface area (Å²) in [4.78, 5) is 23.3. The average Bonchev–Trinajstić information content (AvgIpc) is 2.64. The maximum absolute atomic E-state index is 12.1. The Bertz CT molecular complexity index is 691. The number of rotatable bonds is 3. The van der Waals surface area contributed by atoms with E-state index in [1.165, 1.54) is 10.7 Å². The van der Waals surface area contributed by atoms with Gasteiger partial charge < -0.3 is 16.2 Å². The van der Waals surface area contributed by atoms with E-state index in [1.54, 1.807) is 32.2 Å². The predicted molar refractivity (Wildman–Crippen MR) is 73.7 cm³/mol.